The topological polar surface area (TPSA) is 76.1 Å². The van der Waals surface area contributed by atoms with Gasteiger partial charge in [-0.1, -0.05) is 30.3 Å². The number of benzene rings is 1. The van der Waals surface area contributed by atoms with Crippen LogP contribution in [0.2, 0.25) is 0 Å². The van der Waals surface area contributed by atoms with Crippen LogP contribution in [0, 0.1) is 6.92 Å². The van der Waals surface area contributed by atoms with Crippen LogP contribution in [0.3, 0.4) is 0 Å². The molecule has 6 heteroatoms. The first kappa shape index (κ1) is 18.9. The van der Waals surface area contributed by atoms with Crippen molar-refractivity contribution in [2.75, 3.05) is 32.1 Å². The van der Waals surface area contributed by atoms with E-state index >= 15 is 0 Å². The van der Waals surface area contributed by atoms with Crippen molar-refractivity contribution in [1.82, 2.24) is 15.3 Å². The highest BCUT2D eigenvalue weighted by Crippen LogP contribution is 2.07. The molecule has 1 amide bonds. The van der Waals surface area contributed by atoms with Crippen LogP contribution in [-0.2, 0) is 11.2 Å². The number of anilines is 1. The van der Waals surface area contributed by atoms with E-state index in [0.29, 0.717) is 24.8 Å². The molecule has 2 aromatic rings. The predicted octanol–water partition coefficient (Wildman–Crippen LogP) is 2.60. The lowest BCUT2D eigenvalue weighted by atomic mass is 10.1. The maximum absolute atomic E-state index is 12.2. The minimum Gasteiger partial charge on any atom is -0.385 e. The molecular weight excluding hydrogens is 316 g/mol. The summed E-state index contributed by atoms with van der Waals surface area (Å²) in [5.41, 5.74) is 2.46. The predicted molar refractivity (Wildman–Crippen MR) is 98.8 cm³/mol. The Bertz CT molecular complexity index is 662. The Kier molecular flexibility index (Phi) is 7.85. The van der Waals surface area contributed by atoms with Gasteiger partial charge in [-0.2, -0.15) is 0 Å². The van der Waals surface area contributed by atoms with Crippen LogP contribution < -0.4 is 10.6 Å². The van der Waals surface area contributed by atoms with E-state index in [0.717, 1.165) is 31.5 Å². The SMILES string of the molecule is COCCCNC(=O)c1cc(C)nc(NCCCc2ccccc2)n1. The van der Waals surface area contributed by atoms with Crippen molar-refractivity contribution < 1.29 is 9.53 Å². The zero-order valence-corrected chi connectivity index (χ0v) is 14.9. The Morgan fingerprint density at radius 1 is 1.12 bits per heavy atom. The van der Waals surface area contributed by atoms with Crippen molar-refractivity contribution in [2.24, 2.45) is 0 Å². The van der Waals surface area contributed by atoms with Crippen molar-refractivity contribution in [3.63, 3.8) is 0 Å². The van der Waals surface area contributed by atoms with E-state index in [1.165, 1.54) is 5.56 Å². The number of hydrogen-bond acceptors (Lipinski definition) is 5. The second kappa shape index (κ2) is 10.4. The molecule has 2 N–H and O–H groups in total. The first-order valence-corrected chi connectivity index (χ1v) is 8.59. The van der Waals surface area contributed by atoms with Gasteiger partial charge >= 0.3 is 0 Å². The molecule has 1 aromatic heterocycles. The number of aryl methyl sites for hydroxylation is 2. The lowest BCUT2D eigenvalue weighted by molar-refractivity contribution is 0.0943. The van der Waals surface area contributed by atoms with Gasteiger partial charge in [-0.25, -0.2) is 9.97 Å². The first-order chi connectivity index (χ1) is 12.2. The lowest BCUT2D eigenvalue weighted by Gasteiger charge is -2.09. The van der Waals surface area contributed by atoms with Crippen LogP contribution in [0.15, 0.2) is 36.4 Å². The van der Waals surface area contributed by atoms with Crippen molar-refractivity contribution in [2.45, 2.75) is 26.2 Å². The fourth-order valence-corrected chi connectivity index (χ4v) is 2.41. The zero-order valence-electron chi connectivity index (χ0n) is 14.9. The second-order valence-corrected chi connectivity index (χ2v) is 5.84. The number of methoxy groups -OCH3 is 1. The number of amides is 1. The molecule has 0 spiro atoms. The van der Waals surface area contributed by atoms with Crippen LogP contribution in [0.5, 0.6) is 0 Å². The van der Waals surface area contributed by atoms with E-state index in [1.54, 1.807) is 13.2 Å². The molecular formula is C19H26N4O2. The quantitative estimate of drug-likeness (QED) is 0.649. The van der Waals surface area contributed by atoms with Gasteiger partial charge < -0.3 is 15.4 Å². The van der Waals surface area contributed by atoms with Crippen molar-refractivity contribution in [1.29, 1.82) is 0 Å². The van der Waals surface area contributed by atoms with E-state index in [9.17, 15) is 4.79 Å². The molecule has 0 saturated heterocycles. The maximum Gasteiger partial charge on any atom is 0.270 e. The smallest absolute Gasteiger partial charge is 0.270 e. The van der Waals surface area contributed by atoms with Gasteiger partial charge in [0.1, 0.15) is 5.69 Å². The third-order valence-electron chi connectivity index (χ3n) is 3.67. The molecule has 1 aromatic carbocycles. The molecule has 134 valence electrons. The van der Waals surface area contributed by atoms with Crippen LogP contribution in [0.4, 0.5) is 5.95 Å². The summed E-state index contributed by atoms with van der Waals surface area (Å²) in [6.07, 6.45) is 2.74. The minimum atomic E-state index is -0.186. The minimum absolute atomic E-state index is 0.186. The van der Waals surface area contributed by atoms with E-state index in [1.807, 2.05) is 25.1 Å². The van der Waals surface area contributed by atoms with Crippen LogP contribution in [0.1, 0.15) is 34.6 Å². The summed E-state index contributed by atoms with van der Waals surface area (Å²) in [5.74, 6) is 0.309. The van der Waals surface area contributed by atoms with Crippen molar-refractivity contribution in [3.05, 3.63) is 53.3 Å². The number of carbonyl (C=O) groups is 1. The molecule has 0 unspecified atom stereocenters. The lowest BCUT2D eigenvalue weighted by Crippen LogP contribution is -2.26. The summed E-state index contributed by atoms with van der Waals surface area (Å²) in [6.45, 7) is 3.80. The molecule has 0 radical (unpaired) electrons. The third kappa shape index (κ3) is 6.89. The second-order valence-electron chi connectivity index (χ2n) is 5.84. The monoisotopic (exact) mass is 342 g/mol. The summed E-state index contributed by atoms with van der Waals surface area (Å²) >= 11 is 0. The van der Waals surface area contributed by atoms with Crippen molar-refractivity contribution in [3.8, 4) is 0 Å². The van der Waals surface area contributed by atoms with Gasteiger partial charge in [0, 0.05) is 32.5 Å². The number of carbonyl (C=O) groups excluding carboxylic acids is 1. The molecule has 25 heavy (non-hydrogen) atoms. The number of hydrogen-bond donors (Lipinski definition) is 2. The van der Waals surface area contributed by atoms with Gasteiger partial charge in [0.2, 0.25) is 5.95 Å². The number of nitrogens with zero attached hydrogens (tertiary/aromatic N) is 2. The summed E-state index contributed by atoms with van der Waals surface area (Å²) in [4.78, 5) is 20.8. The van der Waals surface area contributed by atoms with Crippen LogP contribution in [-0.4, -0.2) is 42.7 Å². The number of rotatable bonds is 10. The molecule has 0 aliphatic heterocycles. The first-order valence-electron chi connectivity index (χ1n) is 8.59. The molecule has 6 nitrogen and oxygen atoms in total. The van der Waals surface area contributed by atoms with Gasteiger partial charge in [0.05, 0.1) is 0 Å². The van der Waals surface area contributed by atoms with E-state index < -0.39 is 0 Å². The third-order valence-corrected chi connectivity index (χ3v) is 3.67. The van der Waals surface area contributed by atoms with E-state index in [4.69, 9.17) is 4.74 Å². The Balaban J connectivity index is 1.82. The molecule has 0 atom stereocenters. The Hall–Kier alpha value is -2.47. The van der Waals surface area contributed by atoms with E-state index in [-0.39, 0.29) is 5.91 Å². The Labute approximate surface area is 149 Å². The molecule has 0 aliphatic rings. The number of aromatic nitrogens is 2. The molecule has 0 aliphatic carbocycles. The highest BCUT2D eigenvalue weighted by Gasteiger charge is 2.10. The summed E-state index contributed by atoms with van der Waals surface area (Å²) in [6, 6.07) is 12.0. The average Bonchev–Trinajstić information content (AvgIpc) is 2.63. The molecule has 1 heterocycles. The van der Waals surface area contributed by atoms with Crippen LogP contribution >= 0.6 is 0 Å². The molecule has 0 bridgehead atoms. The maximum atomic E-state index is 12.2. The summed E-state index contributed by atoms with van der Waals surface area (Å²) in [5, 5.41) is 6.05. The summed E-state index contributed by atoms with van der Waals surface area (Å²) in [7, 11) is 1.64. The van der Waals surface area contributed by atoms with Gasteiger partial charge in [-0.15, -0.1) is 0 Å². The van der Waals surface area contributed by atoms with Crippen LogP contribution in [0.25, 0.3) is 0 Å². The van der Waals surface area contributed by atoms with Gasteiger partial charge in [0.15, 0.2) is 0 Å². The highest BCUT2D eigenvalue weighted by atomic mass is 16.5. The highest BCUT2D eigenvalue weighted by molar-refractivity contribution is 5.92. The largest absolute Gasteiger partial charge is 0.385 e. The standard InChI is InChI=1S/C19H26N4O2/c1-15-14-17(18(24)20-12-7-13-25-2)23-19(22-15)21-11-6-10-16-8-4-3-5-9-16/h3-5,8-9,14H,6-7,10-13H2,1-2H3,(H,20,24)(H,21,22,23). The summed E-state index contributed by atoms with van der Waals surface area (Å²) < 4.78 is 4.97. The average molecular weight is 342 g/mol. The van der Waals surface area contributed by atoms with Gasteiger partial charge in [0.25, 0.3) is 5.91 Å². The molecule has 0 fully saturated rings. The number of nitrogens with one attached hydrogen (secondary N) is 2. The zero-order chi connectivity index (χ0) is 17.9. The number of ether oxygens (including phenoxy) is 1. The fourth-order valence-electron chi connectivity index (χ4n) is 2.41. The fraction of sp³-hybridized carbons (Fsp3) is 0.421. The van der Waals surface area contributed by atoms with Gasteiger partial charge in [-0.3, -0.25) is 4.79 Å². The molecule has 2 rings (SSSR count). The van der Waals surface area contributed by atoms with E-state index in [2.05, 4.69) is 32.7 Å². The normalized spacial score (nSPS) is 10.5. The Morgan fingerprint density at radius 3 is 2.68 bits per heavy atom. The Morgan fingerprint density at radius 2 is 1.92 bits per heavy atom. The van der Waals surface area contributed by atoms with Gasteiger partial charge in [-0.05, 0) is 37.8 Å². The van der Waals surface area contributed by atoms with Crippen molar-refractivity contribution >= 4 is 11.9 Å². The molecule has 0 saturated carbocycles.